The molecule has 24 heavy (non-hydrogen) atoms. The maximum absolute atomic E-state index is 11.8. The SMILES string of the molecule is CC(CNC(=O)COCC1CCC1)n1cc(-c2cccnc2)nn1. The Balaban J connectivity index is 1.42. The maximum Gasteiger partial charge on any atom is 0.246 e. The van der Waals surface area contributed by atoms with Crippen LogP contribution in [0.25, 0.3) is 11.3 Å². The number of nitrogens with one attached hydrogen (secondary N) is 1. The monoisotopic (exact) mass is 329 g/mol. The number of nitrogens with zero attached hydrogens (tertiary/aromatic N) is 4. The van der Waals surface area contributed by atoms with E-state index in [-0.39, 0.29) is 18.6 Å². The number of carbonyl (C=O) groups is 1. The van der Waals surface area contributed by atoms with Crippen molar-refractivity contribution in [3.8, 4) is 11.3 Å². The Morgan fingerprint density at radius 1 is 1.50 bits per heavy atom. The van der Waals surface area contributed by atoms with Gasteiger partial charge in [0.05, 0.1) is 18.8 Å². The number of hydrogen-bond acceptors (Lipinski definition) is 5. The van der Waals surface area contributed by atoms with E-state index in [9.17, 15) is 4.79 Å². The van der Waals surface area contributed by atoms with Gasteiger partial charge >= 0.3 is 0 Å². The van der Waals surface area contributed by atoms with Crippen LogP contribution in [0.5, 0.6) is 0 Å². The summed E-state index contributed by atoms with van der Waals surface area (Å²) >= 11 is 0. The molecule has 2 heterocycles. The number of carbonyl (C=O) groups excluding carboxylic acids is 1. The molecule has 0 bridgehead atoms. The van der Waals surface area contributed by atoms with E-state index in [1.807, 2.05) is 25.3 Å². The summed E-state index contributed by atoms with van der Waals surface area (Å²) in [5, 5.41) is 11.2. The van der Waals surface area contributed by atoms with Crippen LogP contribution in [-0.2, 0) is 9.53 Å². The highest BCUT2D eigenvalue weighted by atomic mass is 16.5. The molecule has 1 aliphatic carbocycles. The molecule has 1 unspecified atom stereocenters. The lowest BCUT2D eigenvalue weighted by atomic mass is 9.86. The Bertz CT molecular complexity index is 654. The second-order valence-electron chi connectivity index (χ2n) is 6.29. The van der Waals surface area contributed by atoms with Crippen LogP contribution in [0.1, 0.15) is 32.2 Å². The Morgan fingerprint density at radius 3 is 3.08 bits per heavy atom. The smallest absolute Gasteiger partial charge is 0.246 e. The lowest BCUT2D eigenvalue weighted by molar-refractivity contribution is -0.126. The predicted octanol–water partition coefficient (Wildman–Crippen LogP) is 1.83. The Labute approximate surface area is 141 Å². The van der Waals surface area contributed by atoms with Crippen molar-refractivity contribution >= 4 is 5.91 Å². The van der Waals surface area contributed by atoms with Crippen LogP contribution in [0.4, 0.5) is 0 Å². The summed E-state index contributed by atoms with van der Waals surface area (Å²) in [6.45, 7) is 3.29. The minimum Gasteiger partial charge on any atom is -0.371 e. The van der Waals surface area contributed by atoms with Crippen molar-refractivity contribution in [3.63, 3.8) is 0 Å². The fourth-order valence-corrected chi connectivity index (χ4v) is 2.52. The summed E-state index contributed by atoms with van der Waals surface area (Å²) < 4.78 is 7.19. The molecule has 0 aromatic carbocycles. The van der Waals surface area contributed by atoms with Gasteiger partial charge in [-0.1, -0.05) is 11.6 Å². The first-order valence-electron chi connectivity index (χ1n) is 8.39. The number of aromatic nitrogens is 4. The van der Waals surface area contributed by atoms with Gasteiger partial charge in [-0.05, 0) is 37.8 Å². The molecule has 1 amide bonds. The van der Waals surface area contributed by atoms with Gasteiger partial charge in [0.15, 0.2) is 0 Å². The molecule has 0 spiro atoms. The third kappa shape index (κ3) is 4.38. The summed E-state index contributed by atoms with van der Waals surface area (Å²) in [5.74, 6) is 0.562. The Hall–Kier alpha value is -2.28. The summed E-state index contributed by atoms with van der Waals surface area (Å²) in [6, 6.07) is 3.81. The zero-order valence-electron chi connectivity index (χ0n) is 13.9. The molecule has 7 heteroatoms. The molecule has 1 atom stereocenters. The molecular formula is C17H23N5O2. The fraction of sp³-hybridized carbons (Fsp3) is 0.529. The van der Waals surface area contributed by atoms with Crippen molar-refractivity contribution < 1.29 is 9.53 Å². The maximum atomic E-state index is 11.8. The average molecular weight is 329 g/mol. The highest BCUT2D eigenvalue weighted by Gasteiger charge is 2.18. The van der Waals surface area contributed by atoms with Gasteiger partial charge in [0.1, 0.15) is 12.3 Å². The van der Waals surface area contributed by atoms with E-state index in [1.54, 1.807) is 17.1 Å². The van der Waals surface area contributed by atoms with Crippen LogP contribution in [-0.4, -0.2) is 45.6 Å². The Morgan fingerprint density at radius 2 is 2.38 bits per heavy atom. The van der Waals surface area contributed by atoms with Crippen LogP contribution in [0.2, 0.25) is 0 Å². The third-order valence-electron chi connectivity index (χ3n) is 4.33. The third-order valence-corrected chi connectivity index (χ3v) is 4.33. The molecule has 2 aromatic rings. The first-order chi connectivity index (χ1) is 11.7. The second kappa shape index (κ2) is 8.01. The van der Waals surface area contributed by atoms with Gasteiger partial charge < -0.3 is 10.1 Å². The number of pyridine rings is 1. The zero-order valence-corrected chi connectivity index (χ0v) is 13.9. The molecule has 0 aliphatic heterocycles. The van der Waals surface area contributed by atoms with E-state index < -0.39 is 0 Å². The van der Waals surface area contributed by atoms with Crippen LogP contribution in [0.3, 0.4) is 0 Å². The van der Waals surface area contributed by atoms with E-state index in [1.165, 1.54) is 19.3 Å². The van der Waals surface area contributed by atoms with Gasteiger partial charge in [-0.3, -0.25) is 9.78 Å². The zero-order chi connectivity index (χ0) is 16.8. The minimum absolute atomic E-state index is 0.0125. The van der Waals surface area contributed by atoms with Gasteiger partial charge in [-0.25, -0.2) is 4.68 Å². The lowest BCUT2D eigenvalue weighted by Gasteiger charge is -2.24. The highest BCUT2D eigenvalue weighted by Crippen LogP contribution is 2.26. The minimum atomic E-state index is -0.0891. The van der Waals surface area contributed by atoms with E-state index >= 15 is 0 Å². The average Bonchev–Trinajstić information content (AvgIpc) is 3.06. The van der Waals surface area contributed by atoms with Gasteiger partial charge in [0.2, 0.25) is 5.91 Å². The summed E-state index contributed by atoms with van der Waals surface area (Å²) in [6.07, 6.45) is 9.07. The van der Waals surface area contributed by atoms with Crippen LogP contribution in [0.15, 0.2) is 30.7 Å². The topological polar surface area (TPSA) is 81.9 Å². The van der Waals surface area contributed by atoms with Gasteiger partial charge in [0.25, 0.3) is 0 Å². The normalized spacial score (nSPS) is 15.7. The van der Waals surface area contributed by atoms with Crippen molar-refractivity contribution in [2.24, 2.45) is 5.92 Å². The molecule has 1 N–H and O–H groups in total. The molecule has 0 saturated heterocycles. The lowest BCUT2D eigenvalue weighted by Crippen LogP contribution is -2.33. The number of hydrogen-bond donors (Lipinski definition) is 1. The van der Waals surface area contributed by atoms with Gasteiger partial charge in [-0.15, -0.1) is 5.10 Å². The van der Waals surface area contributed by atoms with Crippen molar-refractivity contribution in [3.05, 3.63) is 30.7 Å². The summed E-state index contributed by atoms with van der Waals surface area (Å²) in [7, 11) is 0. The molecule has 2 aromatic heterocycles. The van der Waals surface area contributed by atoms with Crippen molar-refractivity contribution in [2.45, 2.75) is 32.2 Å². The standard InChI is InChI=1S/C17H23N5O2/c1-13(8-19-17(23)12-24-11-14-4-2-5-14)22-10-16(20-21-22)15-6-3-7-18-9-15/h3,6-7,9-10,13-14H,2,4-5,8,11-12H2,1H3,(H,19,23). The second-order valence-corrected chi connectivity index (χ2v) is 6.29. The number of ether oxygens (including phenoxy) is 1. The highest BCUT2D eigenvalue weighted by molar-refractivity contribution is 5.77. The van der Waals surface area contributed by atoms with Gasteiger partial charge in [0, 0.05) is 24.5 Å². The largest absolute Gasteiger partial charge is 0.371 e. The first-order valence-corrected chi connectivity index (χ1v) is 8.39. The summed E-state index contributed by atoms with van der Waals surface area (Å²) in [5.41, 5.74) is 1.69. The van der Waals surface area contributed by atoms with Gasteiger partial charge in [-0.2, -0.15) is 0 Å². The fourth-order valence-electron chi connectivity index (χ4n) is 2.52. The molecule has 1 fully saturated rings. The molecular weight excluding hydrogens is 306 g/mol. The predicted molar refractivity (Wildman–Crippen MR) is 89.1 cm³/mol. The van der Waals surface area contributed by atoms with E-state index in [4.69, 9.17) is 4.74 Å². The molecule has 1 saturated carbocycles. The number of rotatable bonds is 8. The van der Waals surface area contributed by atoms with Crippen LogP contribution >= 0.6 is 0 Å². The molecule has 7 nitrogen and oxygen atoms in total. The summed E-state index contributed by atoms with van der Waals surface area (Å²) in [4.78, 5) is 15.9. The van der Waals surface area contributed by atoms with Crippen LogP contribution < -0.4 is 5.32 Å². The van der Waals surface area contributed by atoms with E-state index in [0.29, 0.717) is 19.1 Å². The molecule has 3 rings (SSSR count). The van der Waals surface area contributed by atoms with Crippen molar-refractivity contribution in [1.29, 1.82) is 0 Å². The van der Waals surface area contributed by atoms with E-state index in [0.717, 1.165) is 11.3 Å². The Kier molecular flexibility index (Phi) is 5.53. The molecule has 1 aliphatic rings. The molecule has 0 radical (unpaired) electrons. The molecule has 128 valence electrons. The quantitative estimate of drug-likeness (QED) is 0.799. The van der Waals surface area contributed by atoms with Crippen molar-refractivity contribution in [2.75, 3.05) is 19.8 Å². The number of amides is 1. The first kappa shape index (κ1) is 16.6. The van der Waals surface area contributed by atoms with Crippen LogP contribution in [0, 0.1) is 5.92 Å². The van der Waals surface area contributed by atoms with E-state index in [2.05, 4.69) is 20.6 Å². The van der Waals surface area contributed by atoms with Crippen molar-refractivity contribution in [1.82, 2.24) is 25.3 Å².